The normalized spacial score (nSPS) is 9.21. The van der Waals surface area contributed by atoms with Crippen LogP contribution in [-0.4, -0.2) is 17.6 Å². The van der Waals surface area contributed by atoms with Crippen molar-refractivity contribution < 1.29 is 13.9 Å². The average molecular weight is 194 g/mol. The molecule has 1 aromatic heterocycles. The molecular weight excluding hydrogens is 187 g/mol. The van der Waals surface area contributed by atoms with Crippen LogP contribution in [0.4, 0.5) is 4.39 Å². The second kappa shape index (κ2) is 4.33. The minimum atomic E-state index is -0.789. The largest absolute Gasteiger partial charge is 0.462 e. The molecule has 4 nitrogen and oxygen atoms in total. The van der Waals surface area contributed by atoms with Crippen LogP contribution in [0, 0.1) is 17.1 Å². The van der Waals surface area contributed by atoms with E-state index in [1.54, 1.807) is 13.0 Å². The van der Waals surface area contributed by atoms with Crippen molar-refractivity contribution in [1.82, 2.24) is 4.98 Å². The first-order valence-corrected chi connectivity index (χ1v) is 3.91. The second-order valence-electron chi connectivity index (χ2n) is 2.38. The smallest absolute Gasteiger partial charge is 0.341 e. The number of hydrogen-bond acceptors (Lipinski definition) is 4. The number of nitrogens with zero attached hydrogens (tertiary/aromatic N) is 2. The molecule has 0 atom stereocenters. The molecule has 0 spiro atoms. The van der Waals surface area contributed by atoms with E-state index in [0.717, 1.165) is 12.3 Å². The monoisotopic (exact) mass is 194 g/mol. The third kappa shape index (κ3) is 2.04. The Bertz CT molecular complexity index is 398. The quantitative estimate of drug-likeness (QED) is 0.665. The van der Waals surface area contributed by atoms with Crippen molar-refractivity contribution in [2.45, 2.75) is 6.92 Å². The van der Waals surface area contributed by atoms with Gasteiger partial charge >= 0.3 is 5.97 Å². The Morgan fingerprint density at radius 2 is 2.50 bits per heavy atom. The standard InChI is InChI=1S/C9H7FN2O2/c1-2-14-9(13)7-3-6(4-11)12-5-8(7)10/h3,5H,2H2,1H3. The number of esters is 1. The van der Waals surface area contributed by atoms with Crippen molar-refractivity contribution in [1.29, 1.82) is 5.26 Å². The minimum absolute atomic E-state index is 0.0190. The number of carbonyl (C=O) groups is 1. The highest BCUT2D eigenvalue weighted by Crippen LogP contribution is 2.08. The molecule has 0 fully saturated rings. The van der Waals surface area contributed by atoms with E-state index in [1.807, 2.05) is 0 Å². The first-order chi connectivity index (χ1) is 6.69. The van der Waals surface area contributed by atoms with Crippen molar-refractivity contribution in [3.63, 3.8) is 0 Å². The van der Waals surface area contributed by atoms with Gasteiger partial charge in [-0.1, -0.05) is 0 Å². The van der Waals surface area contributed by atoms with Crippen LogP contribution in [0.3, 0.4) is 0 Å². The molecular formula is C9H7FN2O2. The Morgan fingerprint density at radius 3 is 3.07 bits per heavy atom. The summed E-state index contributed by atoms with van der Waals surface area (Å²) >= 11 is 0. The SMILES string of the molecule is CCOC(=O)c1cc(C#N)ncc1F. The van der Waals surface area contributed by atoms with Crippen molar-refractivity contribution in [2.75, 3.05) is 6.61 Å². The Labute approximate surface area is 79.9 Å². The molecule has 14 heavy (non-hydrogen) atoms. The Morgan fingerprint density at radius 1 is 1.79 bits per heavy atom. The van der Waals surface area contributed by atoms with E-state index in [0.29, 0.717) is 0 Å². The van der Waals surface area contributed by atoms with Gasteiger partial charge in [0, 0.05) is 0 Å². The molecule has 1 heterocycles. The van der Waals surface area contributed by atoms with Gasteiger partial charge < -0.3 is 4.74 Å². The highest BCUT2D eigenvalue weighted by atomic mass is 19.1. The van der Waals surface area contributed by atoms with Gasteiger partial charge in [-0.05, 0) is 13.0 Å². The number of aromatic nitrogens is 1. The van der Waals surface area contributed by atoms with Crippen LogP contribution >= 0.6 is 0 Å². The summed E-state index contributed by atoms with van der Waals surface area (Å²) in [7, 11) is 0. The summed E-state index contributed by atoms with van der Waals surface area (Å²) in [6.45, 7) is 1.77. The molecule has 0 N–H and O–H groups in total. The van der Waals surface area contributed by atoms with Crippen LogP contribution < -0.4 is 0 Å². The van der Waals surface area contributed by atoms with Gasteiger partial charge in [-0.2, -0.15) is 5.26 Å². The Balaban J connectivity index is 3.07. The topological polar surface area (TPSA) is 63.0 Å². The van der Waals surface area contributed by atoms with E-state index in [9.17, 15) is 9.18 Å². The molecule has 0 saturated heterocycles. The van der Waals surface area contributed by atoms with Crippen LogP contribution in [0.5, 0.6) is 0 Å². The van der Waals surface area contributed by atoms with Crippen LogP contribution in [0.2, 0.25) is 0 Å². The van der Waals surface area contributed by atoms with Gasteiger partial charge in [0.25, 0.3) is 0 Å². The first-order valence-electron chi connectivity index (χ1n) is 3.91. The lowest BCUT2D eigenvalue weighted by Crippen LogP contribution is -2.08. The summed E-state index contributed by atoms with van der Waals surface area (Å²) in [6.07, 6.45) is 0.824. The van der Waals surface area contributed by atoms with Gasteiger partial charge in [0.15, 0.2) is 5.82 Å². The molecule has 0 aliphatic carbocycles. The van der Waals surface area contributed by atoms with E-state index in [2.05, 4.69) is 9.72 Å². The zero-order chi connectivity index (χ0) is 10.6. The second-order valence-corrected chi connectivity index (χ2v) is 2.38. The molecule has 1 rings (SSSR count). The summed E-state index contributed by atoms with van der Waals surface area (Å²) in [5, 5.41) is 8.48. The number of ether oxygens (including phenoxy) is 1. The van der Waals surface area contributed by atoms with Crippen molar-refractivity contribution in [3.05, 3.63) is 29.3 Å². The molecule has 1 aromatic rings. The molecule has 0 aromatic carbocycles. The molecule has 0 aliphatic rings. The minimum Gasteiger partial charge on any atom is -0.462 e. The molecule has 5 heteroatoms. The Kier molecular flexibility index (Phi) is 3.13. The third-order valence-electron chi connectivity index (χ3n) is 1.47. The van der Waals surface area contributed by atoms with E-state index < -0.39 is 11.8 Å². The van der Waals surface area contributed by atoms with Crippen LogP contribution in [0.15, 0.2) is 12.3 Å². The van der Waals surface area contributed by atoms with Crippen LogP contribution in [-0.2, 0) is 4.74 Å². The lowest BCUT2D eigenvalue weighted by atomic mass is 10.2. The van der Waals surface area contributed by atoms with E-state index >= 15 is 0 Å². The summed E-state index contributed by atoms with van der Waals surface area (Å²) in [4.78, 5) is 14.6. The van der Waals surface area contributed by atoms with Crippen molar-refractivity contribution >= 4 is 5.97 Å². The van der Waals surface area contributed by atoms with Crippen LogP contribution in [0.1, 0.15) is 23.0 Å². The van der Waals surface area contributed by atoms with E-state index in [-0.39, 0.29) is 17.9 Å². The van der Waals surface area contributed by atoms with Gasteiger partial charge in [0.1, 0.15) is 11.8 Å². The number of carbonyl (C=O) groups excluding carboxylic acids is 1. The number of pyridine rings is 1. The molecule has 0 radical (unpaired) electrons. The maximum atomic E-state index is 13.0. The number of rotatable bonds is 2. The Hall–Kier alpha value is -1.96. The maximum Gasteiger partial charge on any atom is 0.341 e. The zero-order valence-electron chi connectivity index (χ0n) is 7.45. The highest BCUT2D eigenvalue weighted by Gasteiger charge is 2.13. The van der Waals surface area contributed by atoms with Crippen molar-refractivity contribution in [2.24, 2.45) is 0 Å². The number of nitriles is 1. The summed E-state index contributed by atoms with van der Waals surface area (Å²) in [5.41, 5.74) is -0.284. The predicted molar refractivity (Wildman–Crippen MR) is 44.9 cm³/mol. The van der Waals surface area contributed by atoms with Gasteiger partial charge in [-0.15, -0.1) is 0 Å². The molecule has 0 aliphatic heterocycles. The fourth-order valence-corrected chi connectivity index (χ4v) is 0.865. The van der Waals surface area contributed by atoms with Gasteiger partial charge in [-0.3, -0.25) is 0 Å². The molecule has 0 bridgehead atoms. The molecule has 72 valence electrons. The summed E-state index contributed by atoms with van der Waals surface area (Å²) in [5.74, 6) is -1.58. The molecule has 0 saturated carbocycles. The van der Waals surface area contributed by atoms with Crippen molar-refractivity contribution in [3.8, 4) is 6.07 Å². The van der Waals surface area contributed by atoms with Gasteiger partial charge in [0.2, 0.25) is 0 Å². The molecule has 0 amide bonds. The fourth-order valence-electron chi connectivity index (χ4n) is 0.865. The number of halogens is 1. The van der Waals surface area contributed by atoms with Crippen LogP contribution in [0.25, 0.3) is 0 Å². The van der Waals surface area contributed by atoms with Gasteiger partial charge in [0.05, 0.1) is 18.4 Å². The fraction of sp³-hybridized carbons (Fsp3) is 0.222. The van der Waals surface area contributed by atoms with E-state index in [4.69, 9.17) is 5.26 Å². The predicted octanol–water partition coefficient (Wildman–Crippen LogP) is 1.27. The summed E-state index contributed by atoms with van der Waals surface area (Å²) in [6, 6.07) is 2.77. The lowest BCUT2D eigenvalue weighted by molar-refractivity contribution is 0.0521. The average Bonchev–Trinajstić information content (AvgIpc) is 2.19. The van der Waals surface area contributed by atoms with Gasteiger partial charge in [-0.25, -0.2) is 14.2 Å². The number of hydrogen-bond donors (Lipinski definition) is 0. The highest BCUT2D eigenvalue weighted by molar-refractivity contribution is 5.89. The zero-order valence-corrected chi connectivity index (χ0v) is 7.45. The first kappa shape index (κ1) is 10.1. The lowest BCUT2D eigenvalue weighted by Gasteiger charge is -2.02. The third-order valence-corrected chi connectivity index (χ3v) is 1.47. The van der Waals surface area contributed by atoms with E-state index in [1.165, 1.54) is 0 Å². The summed E-state index contributed by atoms with van der Waals surface area (Å²) < 4.78 is 17.6. The molecule has 0 unspecified atom stereocenters. The maximum absolute atomic E-state index is 13.0.